The lowest BCUT2D eigenvalue weighted by atomic mass is 9.86. The quantitative estimate of drug-likeness (QED) is 0.788. The minimum atomic E-state index is 0.170. The Hall–Kier alpha value is -0.120. The number of nitrogens with two attached hydrogens (primary N) is 1. The van der Waals surface area contributed by atoms with Crippen molar-refractivity contribution in [3.63, 3.8) is 0 Å². The smallest absolute Gasteiger partial charge is 0.0327 e. The van der Waals surface area contributed by atoms with Gasteiger partial charge in [0.1, 0.15) is 0 Å². The van der Waals surface area contributed by atoms with Gasteiger partial charge in [-0.05, 0) is 26.7 Å². The molecule has 0 radical (unpaired) electrons. The van der Waals surface area contributed by atoms with E-state index < -0.39 is 0 Å². The van der Waals surface area contributed by atoms with Gasteiger partial charge in [-0.2, -0.15) is 0 Å². The Labute approximate surface area is 101 Å². The van der Waals surface area contributed by atoms with Gasteiger partial charge < -0.3 is 5.73 Å². The molecule has 0 saturated carbocycles. The van der Waals surface area contributed by atoms with Crippen LogP contribution in [0.25, 0.3) is 0 Å². The Balaban J connectivity index is 2.58. The Morgan fingerprint density at radius 1 is 1.06 bits per heavy atom. The summed E-state index contributed by atoms with van der Waals surface area (Å²) in [4.78, 5) is 5.13. The van der Waals surface area contributed by atoms with Gasteiger partial charge in [-0.1, -0.05) is 13.8 Å². The molecule has 0 aromatic heterocycles. The second kappa shape index (κ2) is 5.48. The SMILES string of the molecule is CC(C)N1CCN(C(C)(CN)C(C)C)CC1. The summed E-state index contributed by atoms with van der Waals surface area (Å²) in [6.07, 6.45) is 0. The van der Waals surface area contributed by atoms with Gasteiger partial charge >= 0.3 is 0 Å². The number of piperazine rings is 1. The average Bonchev–Trinajstić information content (AvgIpc) is 2.27. The van der Waals surface area contributed by atoms with E-state index in [1.54, 1.807) is 0 Å². The monoisotopic (exact) mass is 227 g/mol. The van der Waals surface area contributed by atoms with Crippen LogP contribution in [0.4, 0.5) is 0 Å². The molecule has 16 heavy (non-hydrogen) atoms. The first-order valence-corrected chi connectivity index (χ1v) is 6.61. The average molecular weight is 227 g/mol. The van der Waals surface area contributed by atoms with Gasteiger partial charge in [-0.3, -0.25) is 9.80 Å². The number of nitrogens with zero attached hydrogens (tertiary/aromatic N) is 2. The fourth-order valence-corrected chi connectivity index (χ4v) is 2.48. The van der Waals surface area contributed by atoms with Crippen molar-refractivity contribution >= 4 is 0 Å². The normalized spacial score (nSPS) is 24.0. The minimum absolute atomic E-state index is 0.170. The van der Waals surface area contributed by atoms with Gasteiger partial charge in [-0.15, -0.1) is 0 Å². The first kappa shape index (κ1) is 13.9. The summed E-state index contributed by atoms with van der Waals surface area (Å²) in [6, 6.07) is 0.672. The van der Waals surface area contributed by atoms with Crippen LogP contribution in [-0.2, 0) is 0 Å². The summed E-state index contributed by atoms with van der Waals surface area (Å²) in [6.45, 7) is 16.9. The van der Waals surface area contributed by atoms with E-state index in [9.17, 15) is 0 Å². The first-order chi connectivity index (χ1) is 7.41. The highest BCUT2D eigenvalue weighted by Crippen LogP contribution is 2.25. The van der Waals surface area contributed by atoms with Gasteiger partial charge in [-0.25, -0.2) is 0 Å². The summed E-state index contributed by atoms with van der Waals surface area (Å²) in [7, 11) is 0. The van der Waals surface area contributed by atoms with E-state index in [0.717, 1.165) is 19.6 Å². The van der Waals surface area contributed by atoms with Gasteiger partial charge in [0.2, 0.25) is 0 Å². The lowest BCUT2D eigenvalue weighted by Crippen LogP contribution is -2.61. The summed E-state index contributed by atoms with van der Waals surface area (Å²) in [5, 5.41) is 0. The van der Waals surface area contributed by atoms with E-state index >= 15 is 0 Å². The van der Waals surface area contributed by atoms with Gasteiger partial charge in [0.25, 0.3) is 0 Å². The van der Waals surface area contributed by atoms with Crippen LogP contribution in [0.3, 0.4) is 0 Å². The molecule has 0 aliphatic carbocycles. The molecule has 3 heteroatoms. The van der Waals surface area contributed by atoms with Crippen LogP contribution in [0.5, 0.6) is 0 Å². The van der Waals surface area contributed by atoms with Gasteiger partial charge in [0, 0.05) is 44.3 Å². The molecule has 0 aromatic carbocycles. The third kappa shape index (κ3) is 2.76. The van der Waals surface area contributed by atoms with Crippen LogP contribution in [0.1, 0.15) is 34.6 Å². The molecule has 96 valence electrons. The summed E-state index contributed by atoms with van der Waals surface area (Å²) in [5.74, 6) is 0.614. The van der Waals surface area contributed by atoms with Crippen molar-refractivity contribution in [1.82, 2.24) is 9.80 Å². The molecule has 0 aromatic rings. The molecule has 1 atom stereocenters. The van der Waals surface area contributed by atoms with E-state index in [2.05, 4.69) is 44.4 Å². The minimum Gasteiger partial charge on any atom is -0.329 e. The highest BCUT2D eigenvalue weighted by Gasteiger charge is 2.35. The standard InChI is InChI=1S/C13H29N3/c1-11(2)13(5,10-14)16-8-6-15(7-9-16)12(3)4/h11-12H,6-10,14H2,1-5H3. The lowest BCUT2D eigenvalue weighted by molar-refractivity contribution is 0.0108. The number of hydrogen-bond donors (Lipinski definition) is 1. The lowest BCUT2D eigenvalue weighted by Gasteiger charge is -2.48. The van der Waals surface area contributed by atoms with Crippen molar-refractivity contribution in [2.24, 2.45) is 11.7 Å². The highest BCUT2D eigenvalue weighted by molar-refractivity contribution is 4.92. The van der Waals surface area contributed by atoms with Crippen LogP contribution in [0, 0.1) is 5.92 Å². The molecule has 3 nitrogen and oxygen atoms in total. The fourth-order valence-electron chi connectivity index (χ4n) is 2.48. The molecule has 0 amide bonds. The molecule has 1 aliphatic rings. The van der Waals surface area contributed by atoms with Gasteiger partial charge in [0.05, 0.1) is 0 Å². The molecule has 1 aliphatic heterocycles. The van der Waals surface area contributed by atoms with E-state index in [0.29, 0.717) is 12.0 Å². The summed E-state index contributed by atoms with van der Waals surface area (Å²) in [5.41, 5.74) is 6.15. The largest absolute Gasteiger partial charge is 0.329 e. The van der Waals surface area contributed by atoms with Crippen molar-refractivity contribution < 1.29 is 0 Å². The maximum absolute atomic E-state index is 5.98. The second-order valence-corrected chi connectivity index (χ2v) is 5.83. The third-order valence-electron chi connectivity index (χ3n) is 4.42. The van der Waals surface area contributed by atoms with Crippen LogP contribution in [-0.4, -0.2) is 54.1 Å². The molecular formula is C13H29N3. The molecule has 1 fully saturated rings. The van der Waals surface area contributed by atoms with Crippen LogP contribution in [0.2, 0.25) is 0 Å². The zero-order valence-corrected chi connectivity index (χ0v) is 11.7. The van der Waals surface area contributed by atoms with Crippen LogP contribution < -0.4 is 5.73 Å². The Bertz CT molecular complexity index is 207. The van der Waals surface area contributed by atoms with Crippen LogP contribution >= 0.6 is 0 Å². The number of rotatable bonds is 4. The van der Waals surface area contributed by atoms with E-state index in [4.69, 9.17) is 5.73 Å². The van der Waals surface area contributed by atoms with E-state index in [1.807, 2.05) is 0 Å². The molecule has 2 N–H and O–H groups in total. The van der Waals surface area contributed by atoms with Crippen molar-refractivity contribution in [3.05, 3.63) is 0 Å². The topological polar surface area (TPSA) is 32.5 Å². The number of hydrogen-bond acceptors (Lipinski definition) is 3. The highest BCUT2D eigenvalue weighted by atomic mass is 15.3. The van der Waals surface area contributed by atoms with Crippen molar-refractivity contribution in [3.8, 4) is 0 Å². The molecule has 1 saturated heterocycles. The van der Waals surface area contributed by atoms with E-state index in [-0.39, 0.29) is 5.54 Å². The second-order valence-electron chi connectivity index (χ2n) is 5.83. The Morgan fingerprint density at radius 3 is 1.88 bits per heavy atom. The molecule has 0 spiro atoms. The molecular weight excluding hydrogens is 198 g/mol. The van der Waals surface area contributed by atoms with Crippen molar-refractivity contribution in [2.75, 3.05) is 32.7 Å². The molecule has 1 rings (SSSR count). The van der Waals surface area contributed by atoms with E-state index in [1.165, 1.54) is 13.1 Å². The maximum Gasteiger partial charge on any atom is 0.0327 e. The molecule has 0 bridgehead atoms. The summed E-state index contributed by atoms with van der Waals surface area (Å²) >= 11 is 0. The predicted molar refractivity (Wildman–Crippen MR) is 70.6 cm³/mol. The zero-order valence-electron chi connectivity index (χ0n) is 11.7. The Kier molecular flexibility index (Phi) is 4.77. The van der Waals surface area contributed by atoms with Crippen molar-refractivity contribution in [1.29, 1.82) is 0 Å². The molecule has 1 heterocycles. The first-order valence-electron chi connectivity index (χ1n) is 6.61. The third-order valence-corrected chi connectivity index (χ3v) is 4.42. The van der Waals surface area contributed by atoms with Crippen molar-refractivity contribution in [2.45, 2.75) is 46.2 Å². The summed E-state index contributed by atoms with van der Waals surface area (Å²) < 4.78 is 0. The maximum atomic E-state index is 5.98. The van der Waals surface area contributed by atoms with Crippen LogP contribution in [0.15, 0.2) is 0 Å². The zero-order chi connectivity index (χ0) is 12.3. The fraction of sp³-hybridized carbons (Fsp3) is 1.00. The molecule has 1 unspecified atom stereocenters. The predicted octanol–water partition coefficient (Wildman–Crippen LogP) is 1.39. The Morgan fingerprint density at radius 2 is 1.56 bits per heavy atom. The van der Waals surface area contributed by atoms with Gasteiger partial charge in [0.15, 0.2) is 0 Å².